The van der Waals surface area contributed by atoms with Crippen LogP contribution in [0.5, 0.6) is 0 Å². The van der Waals surface area contributed by atoms with Gasteiger partial charge in [0.1, 0.15) is 5.69 Å². The van der Waals surface area contributed by atoms with E-state index >= 15 is 0 Å². The third kappa shape index (κ3) is 3.59. The molecule has 5 nitrogen and oxygen atoms in total. The van der Waals surface area contributed by atoms with E-state index in [9.17, 15) is 9.59 Å². The molecular formula is C17H20N2O3S. The Hall–Kier alpha value is -2.21. The van der Waals surface area contributed by atoms with Crippen LogP contribution in [0.3, 0.4) is 0 Å². The van der Waals surface area contributed by atoms with Gasteiger partial charge in [0.2, 0.25) is 0 Å². The number of ether oxygens (including phenoxy) is 1. The van der Waals surface area contributed by atoms with E-state index in [4.69, 9.17) is 4.74 Å². The molecular weight excluding hydrogens is 312 g/mol. The molecule has 0 atom stereocenters. The first-order chi connectivity index (χ1) is 11.0. The number of esters is 1. The van der Waals surface area contributed by atoms with Crippen LogP contribution in [-0.2, 0) is 4.74 Å². The van der Waals surface area contributed by atoms with E-state index in [0.29, 0.717) is 29.1 Å². The number of hydrogen-bond donors (Lipinski definition) is 2. The highest BCUT2D eigenvalue weighted by Gasteiger charge is 2.23. The van der Waals surface area contributed by atoms with E-state index in [1.807, 2.05) is 30.5 Å². The summed E-state index contributed by atoms with van der Waals surface area (Å²) in [7, 11) is 0. The number of carbonyl (C=O) groups is 2. The number of aryl methyl sites for hydroxylation is 1. The van der Waals surface area contributed by atoms with Crippen molar-refractivity contribution in [2.24, 2.45) is 0 Å². The van der Waals surface area contributed by atoms with Crippen molar-refractivity contribution in [1.82, 2.24) is 4.98 Å². The van der Waals surface area contributed by atoms with Crippen LogP contribution in [0.2, 0.25) is 0 Å². The number of para-hydroxylation sites is 1. The average Bonchev–Trinajstić information content (AvgIpc) is 2.83. The van der Waals surface area contributed by atoms with Crippen LogP contribution in [0.15, 0.2) is 29.2 Å². The van der Waals surface area contributed by atoms with Gasteiger partial charge in [-0.2, -0.15) is 0 Å². The number of nitrogens with one attached hydrogen (secondary N) is 2. The van der Waals surface area contributed by atoms with E-state index < -0.39 is 5.97 Å². The SMILES string of the molecule is CCOC(=O)c1[nH]c(C)c(C(=O)Nc2ccccc2SC)c1C. The molecule has 0 unspecified atom stereocenters. The van der Waals surface area contributed by atoms with Gasteiger partial charge < -0.3 is 15.0 Å². The fraction of sp³-hybridized carbons (Fsp3) is 0.294. The van der Waals surface area contributed by atoms with Gasteiger partial charge in [-0.3, -0.25) is 4.79 Å². The van der Waals surface area contributed by atoms with Crippen molar-refractivity contribution in [2.75, 3.05) is 18.2 Å². The number of H-pyrrole nitrogens is 1. The summed E-state index contributed by atoms with van der Waals surface area (Å²) in [5, 5.41) is 2.91. The van der Waals surface area contributed by atoms with Gasteiger partial charge in [-0.15, -0.1) is 11.8 Å². The number of carbonyl (C=O) groups excluding carboxylic acids is 2. The molecule has 2 aromatic rings. The summed E-state index contributed by atoms with van der Waals surface area (Å²) in [4.78, 5) is 28.5. The Balaban J connectivity index is 2.31. The number of anilines is 1. The highest BCUT2D eigenvalue weighted by atomic mass is 32.2. The Bertz CT molecular complexity index is 737. The number of hydrogen-bond acceptors (Lipinski definition) is 4. The maximum absolute atomic E-state index is 12.6. The van der Waals surface area contributed by atoms with Gasteiger partial charge >= 0.3 is 5.97 Å². The molecule has 1 aromatic carbocycles. The number of aromatic nitrogens is 1. The summed E-state index contributed by atoms with van der Waals surface area (Å²) >= 11 is 1.56. The Morgan fingerprint density at radius 1 is 1.26 bits per heavy atom. The molecule has 0 aliphatic heterocycles. The van der Waals surface area contributed by atoms with Gasteiger partial charge in [-0.1, -0.05) is 12.1 Å². The van der Waals surface area contributed by atoms with Crippen LogP contribution in [0.4, 0.5) is 5.69 Å². The van der Waals surface area contributed by atoms with Gasteiger partial charge in [0.25, 0.3) is 5.91 Å². The largest absolute Gasteiger partial charge is 0.461 e. The van der Waals surface area contributed by atoms with Gasteiger partial charge in [0.05, 0.1) is 17.9 Å². The molecule has 1 heterocycles. The van der Waals surface area contributed by atoms with Crippen molar-refractivity contribution in [3.8, 4) is 0 Å². The molecule has 2 N–H and O–H groups in total. The van der Waals surface area contributed by atoms with Gasteiger partial charge in [0, 0.05) is 10.6 Å². The van der Waals surface area contributed by atoms with Crippen LogP contribution in [0.1, 0.15) is 39.0 Å². The number of amides is 1. The summed E-state index contributed by atoms with van der Waals surface area (Å²) in [6.45, 7) is 5.55. The minimum Gasteiger partial charge on any atom is -0.461 e. The standard InChI is InChI=1S/C17H20N2O3S/c1-5-22-17(21)15-10(2)14(11(3)18-15)16(20)19-12-8-6-7-9-13(12)23-4/h6-9,18H,5H2,1-4H3,(H,19,20). The molecule has 0 aliphatic rings. The molecule has 1 aromatic heterocycles. The van der Waals surface area contributed by atoms with Crippen molar-refractivity contribution in [3.05, 3.63) is 46.8 Å². The van der Waals surface area contributed by atoms with Crippen molar-refractivity contribution in [3.63, 3.8) is 0 Å². The van der Waals surface area contributed by atoms with Crippen molar-refractivity contribution >= 4 is 29.3 Å². The lowest BCUT2D eigenvalue weighted by atomic mass is 10.1. The molecule has 0 saturated carbocycles. The summed E-state index contributed by atoms with van der Waals surface area (Å²) < 4.78 is 5.01. The minimum absolute atomic E-state index is 0.242. The molecule has 2 rings (SSSR count). The number of rotatable bonds is 5. The molecule has 6 heteroatoms. The van der Waals surface area contributed by atoms with E-state index in [2.05, 4.69) is 10.3 Å². The Kier molecular flexibility index (Phi) is 5.50. The van der Waals surface area contributed by atoms with E-state index in [1.54, 1.807) is 32.5 Å². The van der Waals surface area contributed by atoms with E-state index in [1.165, 1.54) is 0 Å². The minimum atomic E-state index is -0.448. The fourth-order valence-electron chi connectivity index (χ4n) is 2.43. The maximum Gasteiger partial charge on any atom is 0.355 e. The first-order valence-corrected chi connectivity index (χ1v) is 8.52. The Morgan fingerprint density at radius 2 is 1.96 bits per heavy atom. The molecule has 1 amide bonds. The fourth-order valence-corrected chi connectivity index (χ4v) is 2.98. The summed E-state index contributed by atoms with van der Waals surface area (Å²) in [6, 6.07) is 7.60. The first kappa shape index (κ1) is 17.1. The quantitative estimate of drug-likeness (QED) is 0.645. The lowest BCUT2D eigenvalue weighted by Crippen LogP contribution is -2.14. The van der Waals surface area contributed by atoms with Gasteiger partial charge in [0.15, 0.2) is 0 Å². The highest BCUT2D eigenvalue weighted by Crippen LogP contribution is 2.26. The monoisotopic (exact) mass is 332 g/mol. The second-order valence-corrected chi connectivity index (χ2v) is 5.85. The third-order valence-corrected chi connectivity index (χ3v) is 4.30. The molecule has 0 saturated heterocycles. The molecule has 0 spiro atoms. The Morgan fingerprint density at radius 3 is 2.61 bits per heavy atom. The van der Waals surface area contributed by atoms with E-state index in [0.717, 1.165) is 10.6 Å². The number of thioether (sulfide) groups is 1. The third-order valence-electron chi connectivity index (χ3n) is 3.50. The maximum atomic E-state index is 12.6. The van der Waals surface area contributed by atoms with Crippen LogP contribution in [0, 0.1) is 13.8 Å². The first-order valence-electron chi connectivity index (χ1n) is 7.30. The predicted molar refractivity (Wildman–Crippen MR) is 92.4 cm³/mol. The van der Waals surface area contributed by atoms with Gasteiger partial charge in [-0.25, -0.2) is 4.79 Å². The van der Waals surface area contributed by atoms with Crippen molar-refractivity contribution < 1.29 is 14.3 Å². The van der Waals surface area contributed by atoms with Crippen LogP contribution in [0.25, 0.3) is 0 Å². The lowest BCUT2D eigenvalue weighted by Gasteiger charge is -2.09. The zero-order valence-electron chi connectivity index (χ0n) is 13.6. The van der Waals surface area contributed by atoms with Gasteiger partial charge in [-0.05, 0) is 44.7 Å². The molecule has 0 aliphatic carbocycles. The highest BCUT2D eigenvalue weighted by molar-refractivity contribution is 7.98. The topological polar surface area (TPSA) is 71.2 Å². The summed E-state index contributed by atoms with van der Waals surface area (Å²) in [5.74, 6) is -0.690. The zero-order valence-corrected chi connectivity index (χ0v) is 14.5. The number of aromatic amines is 1. The van der Waals surface area contributed by atoms with Crippen molar-refractivity contribution in [1.29, 1.82) is 0 Å². The lowest BCUT2D eigenvalue weighted by molar-refractivity contribution is 0.0519. The molecule has 0 radical (unpaired) electrons. The second kappa shape index (κ2) is 7.37. The molecule has 122 valence electrons. The summed E-state index contributed by atoms with van der Waals surface area (Å²) in [5.41, 5.74) is 2.80. The normalized spacial score (nSPS) is 10.4. The van der Waals surface area contributed by atoms with Crippen LogP contribution >= 0.6 is 11.8 Å². The smallest absolute Gasteiger partial charge is 0.355 e. The average molecular weight is 332 g/mol. The predicted octanol–water partition coefficient (Wildman–Crippen LogP) is 3.78. The van der Waals surface area contributed by atoms with E-state index in [-0.39, 0.29) is 5.91 Å². The second-order valence-electron chi connectivity index (χ2n) is 5.00. The van der Waals surface area contributed by atoms with Crippen molar-refractivity contribution in [2.45, 2.75) is 25.7 Å². The summed E-state index contributed by atoms with van der Waals surface area (Å²) in [6.07, 6.45) is 1.96. The zero-order chi connectivity index (χ0) is 17.0. The Labute approximate surface area is 139 Å². The molecule has 0 fully saturated rings. The number of benzene rings is 1. The molecule has 0 bridgehead atoms. The van der Waals surface area contributed by atoms with Crippen LogP contribution < -0.4 is 5.32 Å². The molecule has 23 heavy (non-hydrogen) atoms. The van der Waals surface area contributed by atoms with Crippen LogP contribution in [-0.4, -0.2) is 29.7 Å².